The Labute approximate surface area is 223 Å². The van der Waals surface area contributed by atoms with Crippen molar-refractivity contribution >= 4 is 52.0 Å². The fraction of sp³-hybridized carbons (Fsp3) is 0.261. The van der Waals surface area contributed by atoms with Gasteiger partial charge in [0.15, 0.2) is 5.69 Å². The van der Waals surface area contributed by atoms with Gasteiger partial charge in [0.1, 0.15) is 26.9 Å². The molecule has 0 bridgehead atoms. The molecule has 37 heavy (non-hydrogen) atoms. The Morgan fingerprint density at radius 1 is 1.19 bits per heavy atom. The second-order valence-corrected chi connectivity index (χ2v) is 9.27. The van der Waals surface area contributed by atoms with Crippen molar-refractivity contribution < 1.29 is 27.9 Å². The second-order valence-electron chi connectivity index (χ2n) is 7.42. The van der Waals surface area contributed by atoms with Crippen molar-refractivity contribution in [1.82, 2.24) is 20.3 Å². The molecule has 2 amide bonds. The van der Waals surface area contributed by atoms with Crippen LogP contribution < -0.4 is 10.6 Å². The van der Waals surface area contributed by atoms with E-state index in [4.69, 9.17) is 28.3 Å². The van der Waals surface area contributed by atoms with Gasteiger partial charge in [-0.25, -0.2) is 15.0 Å². The molecule has 8 nitrogen and oxygen atoms in total. The summed E-state index contributed by atoms with van der Waals surface area (Å²) >= 11 is 12.9. The van der Waals surface area contributed by atoms with Gasteiger partial charge in [0, 0.05) is 18.7 Å². The molecule has 0 spiro atoms. The maximum absolute atomic E-state index is 12.9. The molecule has 0 aliphatic carbocycles. The van der Waals surface area contributed by atoms with Gasteiger partial charge >= 0.3 is 6.18 Å². The number of nitrogens with zero attached hydrogens (tertiary/aromatic N) is 3. The maximum atomic E-state index is 12.9. The smallest absolute Gasteiger partial charge is 0.396 e. The van der Waals surface area contributed by atoms with E-state index in [0.717, 1.165) is 35.9 Å². The average molecular weight is 572 g/mol. The van der Waals surface area contributed by atoms with Gasteiger partial charge in [-0.15, -0.1) is 11.3 Å². The molecule has 2 heterocycles. The van der Waals surface area contributed by atoms with Gasteiger partial charge in [0.25, 0.3) is 11.8 Å². The van der Waals surface area contributed by atoms with Gasteiger partial charge in [-0.1, -0.05) is 29.1 Å². The van der Waals surface area contributed by atoms with E-state index in [1.54, 1.807) is 6.92 Å². The molecule has 3 N–H and O–H groups in total. The largest absolute Gasteiger partial charge is 0.417 e. The fourth-order valence-corrected chi connectivity index (χ4v) is 4.20. The third-order valence-corrected chi connectivity index (χ3v) is 6.52. The Bertz CT molecular complexity index is 1370. The first kappa shape index (κ1) is 28.3. The standard InChI is InChI=1S/C23H18Cl2F3N5O3S/c1-12(32-21(36)19-18(25)16(30-11-31-19)5-3-2-4-8-34)22-29-10-17(37-22)20(35)33-13-6-7-14(15(24)9-13)23(26,27)28/h6-7,9-12,34H,2,4,8H2,1H3,(H,32,36)(H,33,35). The molecule has 0 aliphatic heterocycles. The predicted molar refractivity (Wildman–Crippen MR) is 133 cm³/mol. The molecule has 1 unspecified atom stereocenters. The molecule has 0 saturated heterocycles. The van der Waals surface area contributed by atoms with Gasteiger partial charge in [0.05, 0.1) is 22.8 Å². The number of anilines is 1. The van der Waals surface area contributed by atoms with Crippen LogP contribution in [-0.4, -0.2) is 38.5 Å². The topological polar surface area (TPSA) is 117 Å². The molecule has 2 aromatic heterocycles. The lowest BCUT2D eigenvalue weighted by molar-refractivity contribution is -0.137. The molecular formula is C23H18Cl2F3N5O3S. The zero-order chi connectivity index (χ0) is 27.2. The Hall–Kier alpha value is -3.24. The number of hydrogen-bond donors (Lipinski definition) is 3. The molecule has 0 radical (unpaired) electrons. The summed E-state index contributed by atoms with van der Waals surface area (Å²) in [6, 6.07) is 2.24. The summed E-state index contributed by atoms with van der Waals surface area (Å²) in [4.78, 5) is 37.4. The van der Waals surface area contributed by atoms with E-state index in [1.807, 2.05) is 0 Å². The van der Waals surface area contributed by atoms with Crippen molar-refractivity contribution in [3.05, 3.63) is 67.6 Å². The summed E-state index contributed by atoms with van der Waals surface area (Å²) in [5.74, 6) is 4.31. The lowest BCUT2D eigenvalue weighted by atomic mass is 10.2. The van der Waals surface area contributed by atoms with Gasteiger partial charge in [-0.05, 0) is 37.5 Å². The number of nitrogens with one attached hydrogen (secondary N) is 2. The molecule has 1 atom stereocenters. The number of aliphatic hydroxyl groups excluding tert-OH is 1. The lowest BCUT2D eigenvalue weighted by Crippen LogP contribution is -2.28. The maximum Gasteiger partial charge on any atom is 0.417 e. The predicted octanol–water partition coefficient (Wildman–Crippen LogP) is 5.13. The number of unbranched alkanes of at least 4 members (excludes halogenated alkanes) is 1. The third-order valence-electron chi connectivity index (χ3n) is 4.67. The van der Waals surface area contributed by atoms with Crippen molar-refractivity contribution in [3.63, 3.8) is 0 Å². The van der Waals surface area contributed by atoms with Crippen molar-refractivity contribution in [2.24, 2.45) is 0 Å². The number of carbonyl (C=O) groups is 2. The molecule has 3 aromatic rings. The van der Waals surface area contributed by atoms with Crippen LogP contribution in [0.4, 0.5) is 18.9 Å². The van der Waals surface area contributed by atoms with Crippen molar-refractivity contribution in [2.45, 2.75) is 32.0 Å². The monoisotopic (exact) mass is 571 g/mol. The minimum Gasteiger partial charge on any atom is -0.396 e. The Kier molecular flexibility index (Phi) is 9.45. The first-order valence-corrected chi connectivity index (χ1v) is 12.1. The van der Waals surface area contributed by atoms with Crippen LogP contribution >= 0.6 is 34.5 Å². The van der Waals surface area contributed by atoms with Crippen LogP contribution in [0.1, 0.15) is 62.2 Å². The highest BCUT2D eigenvalue weighted by molar-refractivity contribution is 7.13. The van der Waals surface area contributed by atoms with Crippen LogP contribution in [0.3, 0.4) is 0 Å². The molecule has 194 valence electrons. The van der Waals surface area contributed by atoms with Crippen LogP contribution in [0, 0.1) is 11.8 Å². The second kappa shape index (κ2) is 12.3. The molecule has 0 aliphatic rings. The highest BCUT2D eigenvalue weighted by Gasteiger charge is 2.33. The van der Waals surface area contributed by atoms with Crippen molar-refractivity contribution in [1.29, 1.82) is 0 Å². The van der Waals surface area contributed by atoms with E-state index in [0.29, 0.717) is 17.8 Å². The van der Waals surface area contributed by atoms with Gasteiger partial charge in [-0.3, -0.25) is 9.59 Å². The van der Waals surface area contributed by atoms with E-state index in [-0.39, 0.29) is 33.6 Å². The number of aromatic nitrogens is 3. The number of benzene rings is 1. The van der Waals surface area contributed by atoms with Crippen molar-refractivity contribution in [3.8, 4) is 11.8 Å². The minimum atomic E-state index is -4.61. The van der Waals surface area contributed by atoms with Crippen LogP contribution in [0.25, 0.3) is 0 Å². The van der Waals surface area contributed by atoms with Gasteiger partial charge < -0.3 is 15.7 Å². The average Bonchev–Trinajstić information content (AvgIpc) is 3.33. The first-order valence-electron chi connectivity index (χ1n) is 10.6. The molecule has 0 saturated carbocycles. The van der Waals surface area contributed by atoms with E-state index in [9.17, 15) is 22.8 Å². The Morgan fingerprint density at radius 2 is 1.95 bits per heavy atom. The summed E-state index contributed by atoms with van der Waals surface area (Å²) in [5, 5.41) is 13.8. The number of aliphatic hydroxyl groups is 1. The molecule has 3 rings (SSSR count). The third kappa shape index (κ3) is 7.39. The zero-order valence-electron chi connectivity index (χ0n) is 19.0. The molecule has 14 heteroatoms. The molecule has 1 aromatic carbocycles. The fourth-order valence-electron chi connectivity index (χ4n) is 2.86. The van der Waals surface area contributed by atoms with E-state index in [2.05, 4.69) is 37.4 Å². The number of rotatable bonds is 7. The normalized spacial score (nSPS) is 11.9. The van der Waals surface area contributed by atoms with Crippen LogP contribution in [0.5, 0.6) is 0 Å². The van der Waals surface area contributed by atoms with Crippen LogP contribution in [0.2, 0.25) is 10.0 Å². The number of hydrogen-bond acceptors (Lipinski definition) is 7. The number of thiazole rings is 1. The SMILES string of the molecule is CC(NC(=O)c1ncnc(C#CCCCO)c1Cl)c1ncc(C(=O)Nc2ccc(C(F)(F)F)c(Cl)c2)s1. The highest BCUT2D eigenvalue weighted by Crippen LogP contribution is 2.36. The summed E-state index contributed by atoms with van der Waals surface area (Å²) < 4.78 is 38.6. The van der Waals surface area contributed by atoms with E-state index in [1.165, 1.54) is 6.20 Å². The lowest BCUT2D eigenvalue weighted by Gasteiger charge is -2.12. The van der Waals surface area contributed by atoms with Crippen LogP contribution in [0.15, 0.2) is 30.7 Å². The Morgan fingerprint density at radius 3 is 2.62 bits per heavy atom. The van der Waals surface area contributed by atoms with Crippen LogP contribution in [-0.2, 0) is 6.18 Å². The number of alkyl halides is 3. The molecular weight excluding hydrogens is 554 g/mol. The summed E-state index contributed by atoms with van der Waals surface area (Å²) in [7, 11) is 0. The van der Waals surface area contributed by atoms with Gasteiger partial charge in [0.2, 0.25) is 0 Å². The van der Waals surface area contributed by atoms with E-state index < -0.39 is 34.6 Å². The Balaban J connectivity index is 1.66. The van der Waals surface area contributed by atoms with Crippen molar-refractivity contribution in [2.75, 3.05) is 11.9 Å². The number of halogens is 5. The van der Waals surface area contributed by atoms with E-state index >= 15 is 0 Å². The number of carbonyl (C=O) groups excluding carboxylic acids is 2. The highest BCUT2D eigenvalue weighted by atomic mass is 35.5. The molecule has 0 fully saturated rings. The first-order chi connectivity index (χ1) is 17.5. The minimum absolute atomic E-state index is 0.00126. The zero-order valence-corrected chi connectivity index (χ0v) is 21.3. The quantitative estimate of drug-likeness (QED) is 0.267. The summed E-state index contributed by atoms with van der Waals surface area (Å²) in [6.45, 7) is 1.64. The number of amides is 2. The summed E-state index contributed by atoms with van der Waals surface area (Å²) in [6.07, 6.45) is -1.26. The van der Waals surface area contributed by atoms with Gasteiger partial charge in [-0.2, -0.15) is 13.2 Å². The summed E-state index contributed by atoms with van der Waals surface area (Å²) in [5.41, 5.74) is -0.859.